The lowest BCUT2D eigenvalue weighted by Crippen LogP contribution is -2.42. The second-order valence-electron chi connectivity index (χ2n) is 5.02. The van der Waals surface area contributed by atoms with Crippen molar-refractivity contribution in [2.45, 2.75) is 24.3 Å². The van der Waals surface area contributed by atoms with E-state index in [0.29, 0.717) is 5.56 Å². The highest BCUT2D eigenvalue weighted by Gasteiger charge is 2.32. The SMILES string of the molecule is Cc1ccc(S(=O)(=O)N[C@@](C)(C#N)c2ccccc2)cc1. The molecule has 0 aliphatic heterocycles. The van der Waals surface area contributed by atoms with Crippen LogP contribution in [-0.4, -0.2) is 8.42 Å². The zero-order valence-electron chi connectivity index (χ0n) is 11.9. The lowest BCUT2D eigenvalue weighted by atomic mass is 9.95. The second kappa shape index (κ2) is 5.68. The first-order valence-corrected chi connectivity index (χ1v) is 7.93. The summed E-state index contributed by atoms with van der Waals surface area (Å²) in [5.74, 6) is 0. The van der Waals surface area contributed by atoms with Crippen molar-refractivity contribution in [2.75, 3.05) is 0 Å². The van der Waals surface area contributed by atoms with E-state index in [1.807, 2.05) is 19.1 Å². The highest BCUT2D eigenvalue weighted by atomic mass is 32.2. The van der Waals surface area contributed by atoms with Gasteiger partial charge in [-0.2, -0.15) is 9.98 Å². The summed E-state index contributed by atoms with van der Waals surface area (Å²) in [7, 11) is -3.77. The molecule has 0 unspecified atom stereocenters. The molecule has 0 aliphatic carbocycles. The van der Waals surface area contributed by atoms with Gasteiger partial charge in [-0.15, -0.1) is 0 Å². The molecular formula is C16H16N2O2S. The van der Waals surface area contributed by atoms with Gasteiger partial charge in [0.05, 0.1) is 11.0 Å². The van der Waals surface area contributed by atoms with E-state index in [2.05, 4.69) is 4.72 Å². The van der Waals surface area contributed by atoms with Crippen LogP contribution in [0.25, 0.3) is 0 Å². The van der Waals surface area contributed by atoms with Gasteiger partial charge in [0, 0.05) is 0 Å². The van der Waals surface area contributed by atoms with E-state index < -0.39 is 15.6 Å². The van der Waals surface area contributed by atoms with Crippen LogP contribution in [0.3, 0.4) is 0 Å². The number of nitrogens with zero attached hydrogens (tertiary/aromatic N) is 1. The van der Waals surface area contributed by atoms with Crippen LogP contribution in [0.15, 0.2) is 59.5 Å². The smallest absolute Gasteiger partial charge is 0.207 e. The standard InChI is InChI=1S/C16H16N2O2S/c1-13-8-10-15(11-9-13)21(19,20)18-16(2,12-17)14-6-4-3-5-7-14/h3-11,18H,1-2H3/t16-/m0/s1. The predicted octanol–water partition coefficient (Wildman–Crippen LogP) is 2.71. The molecule has 0 saturated heterocycles. The van der Waals surface area contributed by atoms with Gasteiger partial charge in [0.1, 0.15) is 5.54 Å². The summed E-state index contributed by atoms with van der Waals surface area (Å²) in [6, 6.07) is 17.3. The quantitative estimate of drug-likeness (QED) is 0.943. The summed E-state index contributed by atoms with van der Waals surface area (Å²) in [6.07, 6.45) is 0. The summed E-state index contributed by atoms with van der Waals surface area (Å²) >= 11 is 0. The lowest BCUT2D eigenvalue weighted by molar-refractivity contribution is 0.524. The molecule has 2 aromatic carbocycles. The number of hydrogen-bond donors (Lipinski definition) is 1. The molecule has 1 atom stereocenters. The van der Waals surface area contributed by atoms with E-state index in [0.717, 1.165) is 5.56 Å². The van der Waals surface area contributed by atoms with Gasteiger partial charge in [-0.1, -0.05) is 48.0 Å². The minimum atomic E-state index is -3.77. The third kappa shape index (κ3) is 3.30. The van der Waals surface area contributed by atoms with Crippen molar-refractivity contribution in [3.63, 3.8) is 0 Å². The van der Waals surface area contributed by atoms with Crippen LogP contribution in [0.5, 0.6) is 0 Å². The Kier molecular flexibility index (Phi) is 4.12. The van der Waals surface area contributed by atoms with Gasteiger partial charge in [-0.3, -0.25) is 0 Å². The number of hydrogen-bond acceptors (Lipinski definition) is 3. The number of nitrogens with one attached hydrogen (secondary N) is 1. The Balaban J connectivity index is 2.39. The predicted molar refractivity (Wildman–Crippen MR) is 80.9 cm³/mol. The number of nitriles is 1. The average molecular weight is 300 g/mol. The van der Waals surface area contributed by atoms with Crippen molar-refractivity contribution in [1.82, 2.24) is 4.72 Å². The molecular weight excluding hydrogens is 284 g/mol. The summed E-state index contributed by atoms with van der Waals surface area (Å²) in [5, 5.41) is 9.42. The lowest BCUT2D eigenvalue weighted by Gasteiger charge is -2.23. The van der Waals surface area contributed by atoms with Gasteiger partial charge in [0.15, 0.2) is 0 Å². The van der Waals surface area contributed by atoms with E-state index >= 15 is 0 Å². The number of benzene rings is 2. The molecule has 1 N–H and O–H groups in total. The minimum absolute atomic E-state index is 0.144. The van der Waals surface area contributed by atoms with E-state index in [4.69, 9.17) is 0 Å². The zero-order valence-corrected chi connectivity index (χ0v) is 12.7. The maximum absolute atomic E-state index is 12.4. The van der Waals surface area contributed by atoms with Crippen LogP contribution < -0.4 is 4.72 Å². The van der Waals surface area contributed by atoms with E-state index in [9.17, 15) is 13.7 Å². The molecule has 0 aliphatic rings. The largest absolute Gasteiger partial charge is 0.242 e. The number of aryl methyl sites for hydroxylation is 1. The molecule has 0 spiro atoms. The van der Waals surface area contributed by atoms with Gasteiger partial charge < -0.3 is 0 Å². The Bertz CT molecular complexity index is 762. The maximum atomic E-state index is 12.4. The van der Waals surface area contributed by atoms with Gasteiger partial charge >= 0.3 is 0 Å². The molecule has 0 heterocycles. The fourth-order valence-corrected chi connectivity index (χ4v) is 3.28. The van der Waals surface area contributed by atoms with Crippen molar-refractivity contribution in [1.29, 1.82) is 5.26 Å². The fourth-order valence-electron chi connectivity index (χ4n) is 1.96. The first kappa shape index (κ1) is 15.2. The van der Waals surface area contributed by atoms with Crippen LogP contribution >= 0.6 is 0 Å². The highest BCUT2D eigenvalue weighted by molar-refractivity contribution is 7.89. The molecule has 4 nitrogen and oxygen atoms in total. The third-order valence-corrected chi connectivity index (χ3v) is 4.81. The zero-order chi connectivity index (χ0) is 15.5. The molecule has 2 aromatic rings. The van der Waals surface area contributed by atoms with E-state index in [-0.39, 0.29) is 4.90 Å². The molecule has 5 heteroatoms. The van der Waals surface area contributed by atoms with Gasteiger partial charge in [-0.05, 0) is 31.5 Å². The van der Waals surface area contributed by atoms with Crippen LogP contribution in [0.2, 0.25) is 0 Å². The molecule has 0 aromatic heterocycles. The van der Waals surface area contributed by atoms with Crippen molar-refractivity contribution in [2.24, 2.45) is 0 Å². The molecule has 21 heavy (non-hydrogen) atoms. The molecule has 2 rings (SSSR count). The molecule has 108 valence electrons. The maximum Gasteiger partial charge on any atom is 0.242 e. The Morgan fingerprint density at radius 1 is 1.05 bits per heavy atom. The van der Waals surface area contributed by atoms with Crippen molar-refractivity contribution in [3.05, 3.63) is 65.7 Å². The first-order chi connectivity index (χ1) is 9.87. The molecule has 0 saturated carbocycles. The van der Waals surface area contributed by atoms with Crippen LogP contribution in [0.1, 0.15) is 18.1 Å². The van der Waals surface area contributed by atoms with Crippen molar-refractivity contribution < 1.29 is 8.42 Å². The molecule has 0 amide bonds. The van der Waals surface area contributed by atoms with E-state index in [1.165, 1.54) is 12.1 Å². The van der Waals surface area contributed by atoms with Crippen molar-refractivity contribution in [3.8, 4) is 6.07 Å². The van der Waals surface area contributed by atoms with Gasteiger partial charge in [0.2, 0.25) is 10.0 Å². The topological polar surface area (TPSA) is 70.0 Å². The van der Waals surface area contributed by atoms with E-state index in [1.54, 1.807) is 43.3 Å². The third-order valence-electron chi connectivity index (χ3n) is 3.24. The van der Waals surface area contributed by atoms with Crippen LogP contribution in [-0.2, 0) is 15.6 Å². The van der Waals surface area contributed by atoms with Crippen molar-refractivity contribution >= 4 is 10.0 Å². The summed E-state index contributed by atoms with van der Waals surface area (Å²) in [4.78, 5) is 0.144. The van der Waals surface area contributed by atoms with Gasteiger partial charge in [-0.25, -0.2) is 8.42 Å². The Hall–Kier alpha value is -2.16. The molecule has 0 bridgehead atoms. The fraction of sp³-hybridized carbons (Fsp3) is 0.188. The normalized spacial score (nSPS) is 14.1. The number of rotatable bonds is 4. The Morgan fingerprint density at radius 3 is 2.14 bits per heavy atom. The molecule has 0 radical (unpaired) electrons. The number of sulfonamides is 1. The molecule has 0 fully saturated rings. The Labute approximate surface area is 125 Å². The Morgan fingerprint density at radius 2 is 1.62 bits per heavy atom. The van der Waals surface area contributed by atoms with Crippen LogP contribution in [0.4, 0.5) is 0 Å². The minimum Gasteiger partial charge on any atom is -0.207 e. The highest BCUT2D eigenvalue weighted by Crippen LogP contribution is 2.23. The van der Waals surface area contributed by atoms with Gasteiger partial charge in [0.25, 0.3) is 0 Å². The van der Waals surface area contributed by atoms with Crippen LogP contribution in [0, 0.1) is 18.3 Å². The summed E-state index contributed by atoms with van der Waals surface area (Å²) < 4.78 is 27.3. The summed E-state index contributed by atoms with van der Waals surface area (Å²) in [6.45, 7) is 3.43. The summed E-state index contributed by atoms with van der Waals surface area (Å²) in [5.41, 5.74) is 0.258. The monoisotopic (exact) mass is 300 g/mol. The first-order valence-electron chi connectivity index (χ1n) is 6.45. The average Bonchev–Trinajstić information content (AvgIpc) is 2.48. The second-order valence-corrected chi connectivity index (χ2v) is 6.70.